The Morgan fingerprint density at radius 3 is 2.52 bits per heavy atom. The van der Waals surface area contributed by atoms with Crippen LogP contribution in [0.25, 0.3) is 0 Å². The molecule has 1 atom stereocenters. The van der Waals surface area contributed by atoms with Crippen molar-refractivity contribution in [1.82, 2.24) is 9.80 Å². The minimum absolute atomic E-state index is 0.237. The van der Waals surface area contributed by atoms with Crippen molar-refractivity contribution in [3.63, 3.8) is 0 Å². The molecule has 118 valence electrons. The van der Waals surface area contributed by atoms with E-state index in [0.29, 0.717) is 23.8 Å². The first-order valence-electron chi connectivity index (χ1n) is 7.60. The van der Waals surface area contributed by atoms with Gasteiger partial charge < -0.3 is 15.4 Å². The van der Waals surface area contributed by atoms with Crippen LogP contribution in [0, 0.1) is 11.7 Å². The van der Waals surface area contributed by atoms with Crippen molar-refractivity contribution >= 4 is 0 Å². The van der Waals surface area contributed by atoms with Gasteiger partial charge in [-0.3, -0.25) is 4.90 Å². The normalized spacial score (nSPS) is 18.7. The molecule has 1 aromatic carbocycles. The fourth-order valence-corrected chi connectivity index (χ4v) is 2.72. The lowest BCUT2D eigenvalue weighted by Gasteiger charge is -2.35. The number of benzene rings is 1. The Balaban J connectivity index is 1.86. The molecule has 1 aliphatic rings. The van der Waals surface area contributed by atoms with E-state index in [0.717, 1.165) is 39.3 Å². The molecule has 0 amide bonds. The number of piperazine rings is 1. The van der Waals surface area contributed by atoms with Crippen LogP contribution in [-0.4, -0.2) is 56.2 Å². The van der Waals surface area contributed by atoms with E-state index in [-0.39, 0.29) is 5.82 Å². The highest BCUT2D eigenvalue weighted by atomic mass is 19.1. The summed E-state index contributed by atoms with van der Waals surface area (Å²) < 4.78 is 19.2. The van der Waals surface area contributed by atoms with Crippen LogP contribution in [0.1, 0.15) is 12.5 Å². The monoisotopic (exact) mass is 295 g/mol. The molecule has 1 saturated heterocycles. The third-order valence-corrected chi connectivity index (χ3v) is 4.09. The van der Waals surface area contributed by atoms with Crippen LogP contribution in [0.4, 0.5) is 4.39 Å². The van der Waals surface area contributed by atoms with Gasteiger partial charge in [0.15, 0.2) is 11.6 Å². The van der Waals surface area contributed by atoms with Gasteiger partial charge in [-0.1, -0.05) is 19.1 Å². The summed E-state index contributed by atoms with van der Waals surface area (Å²) >= 11 is 0. The van der Waals surface area contributed by atoms with Crippen LogP contribution in [0.3, 0.4) is 0 Å². The molecule has 0 aliphatic carbocycles. The lowest BCUT2D eigenvalue weighted by molar-refractivity contribution is 0.115. The van der Waals surface area contributed by atoms with E-state index in [1.807, 2.05) is 12.1 Å². The Hall–Kier alpha value is -1.17. The molecule has 0 bridgehead atoms. The minimum atomic E-state index is -0.237. The Labute approximate surface area is 126 Å². The predicted molar refractivity (Wildman–Crippen MR) is 82.9 cm³/mol. The molecule has 1 unspecified atom stereocenters. The summed E-state index contributed by atoms with van der Waals surface area (Å²) in [5.41, 5.74) is 6.38. The average Bonchev–Trinajstić information content (AvgIpc) is 2.51. The van der Waals surface area contributed by atoms with Crippen LogP contribution >= 0.6 is 0 Å². The Morgan fingerprint density at radius 2 is 1.90 bits per heavy atom. The van der Waals surface area contributed by atoms with Gasteiger partial charge in [0.2, 0.25) is 0 Å². The van der Waals surface area contributed by atoms with Crippen molar-refractivity contribution in [2.24, 2.45) is 11.7 Å². The van der Waals surface area contributed by atoms with Crippen LogP contribution in [0.5, 0.6) is 5.75 Å². The lowest BCUT2D eigenvalue weighted by Crippen LogP contribution is -2.47. The molecule has 0 spiro atoms. The van der Waals surface area contributed by atoms with Crippen molar-refractivity contribution in [2.75, 3.05) is 46.4 Å². The number of hydrogen-bond donors (Lipinski definition) is 1. The number of ether oxygens (including phenoxy) is 1. The maximum Gasteiger partial charge on any atom is 0.169 e. The minimum Gasteiger partial charge on any atom is -0.494 e. The van der Waals surface area contributed by atoms with Crippen LogP contribution in [-0.2, 0) is 6.54 Å². The van der Waals surface area contributed by atoms with Crippen LogP contribution in [0.2, 0.25) is 0 Å². The van der Waals surface area contributed by atoms with E-state index < -0.39 is 0 Å². The summed E-state index contributed by atoms with van der Waals surface area (Å²) in [6, 6.07) is 5.34. The van der Waals surface area contributed by atoms with Gasteiger partial charge in [0.05, 0.1) is 7.11 Å². The van der Waals surface area contributed by atoms with E-state index in [1.54, 1.807) is 6.07 Å². The van der Waals surface area contributed by atoms with Crippen molar-refractivity contribution in [3.8, 4) is 5.75 Å². The molecule has 1 fully saturated rings. The second kappa shape index (κ2) is 7.73. The van der Waals surface area contributed by atoms with Gasteiger partial charge in [-0.25, -0.2) is 4.39 Å². The fourth-order valence-electron chi connectivity index (χ4n) is 2.72. The smallest absolute Gasteiger partial charge is 0.169 e. The summed E-state index contributed by atoms with van der Waals surface area (Å²) in [6.07, 6.45) is 0. The number of halogens is 1. The first-order chi connectivity index (χ1) is 10.1. The molecule has 5 heteroatoms. The molecular weight excluding hydrogens is 269 g/mol. The average molecular weight is 295 g/mol. The molecule has 4 nitrogen and oxygen atoms in total. The van der Waals surface area contributed by atoms with E-state index in [4.69, 9.17) is 10.5 Å². The highest BCUT2D eigenvalue weighted by Crippen LogP contribution is 2.21. The zero-order valence-corrected chi connectivity index (χ0v) is 13.0. The fraction of sp³-hybridized carbons (Fsp3) is 0.625. The topological polar surface area (TPSA) is 41.7 Å². The van der Waals surface area contributed by atoms with Gasteiger partial charge in [-0.2, -0.15) is 0 Å². The number of methoxy groups -OCH3 is 1. The van der Waals surface area contributed by atoms with Gasteiger partial charge >= 0.3 is 0 Å². The zero-order valence-electron chi connectivity index (χ0n) is 13.0. The van der Waals surface area contributed by atoms with Crippen molar-refractivity contribution < 1.29 is 9.13 Å². The Kier molecular flexibility index (Phi) is 5.96. The molecule has 1 heterocycles. The van der Waals surface area contributed by atoms with E-state index in [1.165, 1.54) is 7.11 Å². The van der Waals surface area contributed by atoms with Gasteiger partial charge in [0, 0.05) is 44.8 Å². The maximum absolute atomic E-state index is 14.1. The molecule has 0 radical (unpaired) electrons. The van der Waals surface area contributed by atoms with Gasteiger partial charge in [0.1, 0.15) is 0 Å². The van der Waals surface area contributed by atoms with Gasteiger partial charge in [-0.05, 0) is 18.5 Å². The molecular formula is C16H26FN3O. The summed E-state index contributed by atoms with van der Waals surface area (Å²) in [7, 11) is 1.50. The quantitative estimate of drug-likeness (QED) is 0.864. The number of hydrogen-bond acceptors (Lipinski definition) is 4. The molecule has 1 aromatic rings. The molecule has 2 N–H and O–H groups in total. The third kappa shape index (κ3) is 4.40. The van der Waals surface area contributed by atoms with E-state index in [2.05, 4.69) is 16.7 Å². The predicted octanol–water partition coefficient (Wildman–Crippen LogP) is 1.55. The second-order valence-electron chi connectivity index (χ2n) is 5.85. The van der Waals surface area contributed by atoms with Crippen LogP contribution in [0.15, 0.2) is 18.2 Å². The lowest BCUT2D eigenvalue weighted by atomic mass is 10.1. The van der Waals surface area contributed by atoms with E-state index >= 15 is 0 Å². The maximum atomic E-state index is 14.1. The third-order valence-electron chi connectivity index (χ3n) is 4.09. The van der Waals surface area contributed by atoms with Gasteiger partial charge in [-0.15, -0.1) is 0 Å². The first-order valence-corrected chi connectivity index (χ1v) is 7.60. The highest BCUT2D eigenvalue weighted by Gasteiger charge is 2.19. The number of nitrogens with two attached hydrogens (primary N) is 1. The molecule has 1 aliphatic heterocycles. The Morgan fingerprint density at radius 1 is 1.24 bits per heavy atom. The Bertz CT molecular complexity index is 447. The molecule has 2 rings (SSSR count). The summed E-state index contributed by atoms with van der Waals surface area (Å²) in [4.78, 5) is 4.73. The zero-order chi connectivity index (χ0) is 15.2. The summed E-state index contributed by atoms with van der Waals surface area (Å²) in [5.74, 6) is 0.620. The summed E-state index contributed by atoms with van der Waals surface area (Å²) in [5, 5.41) is 0. The largest absolute Gasteiger partial charge is 0.494 e. The standard InChI is InChI=1S/C16H26FN3O/c1-13(10-18)11-19-6-8-20(9-7-19)12-14-4-3-5-15(21-2)16(14)17/h3-5,13H,6-12,18H2,1-2H3. The molecule has 21 heavy (non-hydrogen) atoms. The van der Waals surface area contributed by atoms with E-state index in [9.17, 15) is 4.39 Å². The number of nitrogens with zero attached hydrogens (tertiary/aromatic N) is 2. The summed E-state index contributed by atoms with van der Waals surface area (Å²) in [6.45, 7) is 8.59. The van der Waals surface area contributed by atoms with Crippen LogP contribution < -0.4 is 10.5 Å². The molecule has 0 saturated carbocycles. The van der Waals surface area contributed by atoms with Crippen molar-refractivity contribution in [3.05, 3.63) is 29.6 Å². The number of rotatable bonds is 6. The van der Waals surface area contributed by atoms with Crippen molar-refractivity contribution in [1.29, 1.82) is 0 Å². The van der Waals surface area contributed by atoms with Gasteiger partial charge in [0.25, 0.3) is 0 Å². The highest BCUT2D eigenvalue weighted by molar-refractivity contribution is 5.31. The van der Waals surface area contributed by atoms with Crippen molar-refractivity contribution in [2.45, 2.75) is 13.5 Å². The molecule has 0 aromatic heterocycles. The SMILES string of the molecule is COc1cccc(CN2CCN(CC(C)CN)CC2)c1F. The first kappa shape index (κ1) is 16.2. The second-order valence-corrected chi connectivity index (χ2v) is 5.85.